The molecule has 0 unspecified atom stereocenters. The molecule has 0 bridgehead atoms. The second-order valence-electron chi connectivity index (χ2n) is 2.56. The van der Waals surface area contributed by atoms with E-state index in [-0.39, 0.29) is 17.0 Å². The van der Waals surface area contributed by atoms with Crippen LogP contribution in [0.15, 0.2) is 18.2 Å². The highest BCUT2D eigenvalue weighted by Gasteiger charge is 2.31. The van der Waals surface area contributed by atoms with Gasteiger partial charge in [-0.3, -0.25) is 4.79 Å². The molecule has 15 heavy (non-hydrogen) atoms. The first kappa shape index (κ1) is 13.9. The summed E-state index contributed by atoms with van der Waals surface area (Å²) in [6, 6.07) is 1.49. The van der Waals surface area contributed by atoms with Gasteiger partial charge in [-0.25, -0.2) is 4.39 Å². The van der Waals surface area contributed by atoms with Gasteiger partial charge >= 0.3 is 6.18 Å². The molecule has 1 aromatic rings. The Hall–Kier alpha value is -1.11. The molecule has 0 spiro atoms. The first-order chi connectivity index (χ1) is 6.32. The van der Waals surface area contributed by atoms with Crippen molar-refractivity contribution in [3.05, 3.63) is 35.1 Å². The Kier molecular flexibility index (Phi) is 4.27. The number of carbonyl (C=O) groups excluding carboxylic acids is 1. The summed E-state index contributed by atoms with van der Waals surface area (Å²) < 4.78 is 49.0. The molecular formula is C8H6BrF4NO. The van der Waals surface area contributed by atoms with Crippen LogP contribution in [0.1, 0.15) is 15.9 Å². The van der Waals surface area contributed by atoms with Crippen LogP contribution in [0.4, 0.5) is 17.6 Å². The minimum Gasteiger partial charge on any atom is -0.366 e. The van der Waals surface area contributed by atoms with Crippen molar-refractivity contribution in [2.45, 2.75) is 6.18 Å². The van der Waals surface area contributed by atoms with Gasteiger partial charge in [0.25, 0.3) is 5.91 Å². The number of carbonyl (C=O) groups is 1. The van der Waals surface area contributed by atoms with Gasteiger partial charge in [-0.2, -0.15) is 13.2 Å². The molecule has 0 aliphatic heterocycles. The molecule has 0 atom stereocenters. The Balaban J connectivity index is 0.00000196. The molecule has 7 heteroatoms. The number of primary amides is 1. The van der Waals surface area contributed by atoms with Crippen LogP contribution < -0.4 is 5.73 Å². The maximum Gasteiger partial charge on any atom is 0.416 e. The van der Waals surface area contributed by atoms with Crippen molar-refractivity contribution in [3.8, 4) is 0 Å². The minimum atomic E-state index is -4.61. The Morgan fingerprint density at radius 3 is 2.20 bits per heavy atom. The van der Waals surface area contributed by atoms with Crippen molar-refractivity contribution in [1.29, 1.82) is 0 Å². The summed E-state index contributed by atoms with van der Waals surface area (Å²) in [5, 5.41) is 0. The Morgan fingerprint density at radius 2 is 1.80 bits per heavy atom. The zero-order valence-electron chi connectivity index (χ0n) is 7.14. The summed E-state index contributed by atoms with van der Waals surface area (Å²) in [6.07, 6.45) is -4.61. The Labute approximate surface area is 92.8 Å². The van der Waals surface area contributed by atoms with Crippen LogP contribution in [0.25, 0.3) is 0 Å². The normalized spacial score (nSPS) is 10.7. The third-order valence-corrected chi connectivity index (χ3v) is 1.56. The zero-order valence-corrected chi connectivity index (χ0v) is 8.85. The summed E-state index contributed by atoms with van der Waals surface area (Å²) in [5.74, 6) is -2.29. The quantitative estimate of drug-likeness (QED) is 0.793. The van der Waals surface area contributed by atoms with Gasteiger partial charge in [0.15, 0.2) is 0 Å². The molecule has 1 amide bonds. The van der Waals surface area contributed by atoms with E-state index in [9.17, 15) is 22.4 Å². The van der Waals surface area contributed by atoms with Crippen LogP contribution in [0.2, 0.25) is 0 Å². The Morgan fingerprint density at radius 1 is 1.27 bits per heavy atom. The van der Waals surface area contributed by atoms with E-state index in [1.807, 2.05) is 0 Å². The molecule has 1 aromatic carbocycles. The lowest BCUT2D eigenvalue weighted by Gasteiger charge is -2.07. The van der Waals surface area contributed by atoms with Crippen LogP contribution >= 0.6 is 17.0 Å². The third-order valence-electron chi connectivity index (χ3n) is 1.56. The second kappa shape index (κ2) is 4.61. The topological polar surface area (TPSA) is 43.1 Å². The predicted molar refractivity (Wildman–Crippen MR) is 50.2 cm³/mol. The molecule has 0 aliphatic carbocycles. The first-order valence-corrected chi connectivity index (χ1v) is 3.49. The van der Waals surface area contributed by atoms with Crippen LogP contribution in [0.3, 0.4) is 0 Å². The molecular weight excluding hydrogens is 282 g/mol. The van der Waals surface area contributed by atoms with Crippen LogP contribution in [0.5, 0.6) is 0 Å². The lowest BCUT2D eigenvalue weighted by atomic mass is 10.1. The predicted octanol–water partition coefficient (Wildman–Crippen LogP) is 2.52. The van der Waals surface area contributed by atoms with E-state index in [0.29, 0.717) is 18.2 Å². The van der Waals surface area contributed by atoms with Crippen molar-refractivity contribution >= 4 is 22.9 Å². The number of halogens is 5. The summed E-state index contributed by atoms with van der Waals surface area (Å²) in [5.41, 5.74) is 2.81. The van der Waals surface area contributed by atoms with Gasteiger partial charge in [0.05, 0.1) is 11.1 Å². The molecule has 2 nitrogen and oxygen atoms in total. The van der Waals surface area contributed by atoms with E-state index in [1.54, 1.807) is 0 Å². The molecule has 1 rings (SSSR count). The summed E-state index contributed by atoms with van der Waals surface area (Å²) in [7, 11) is 0. The second-order valence-corrected chi connectivity index (χ2v) is 2.56. The van der Waals surface area contributed by atoms with Crippen molar-refractivity contribution < 1.29 is 22.4 Å². The van der Waals surface area contributed by atoms with Gasteiger partial charge in [-0.1, -0.05) is 0 Å². The molecule has 0 aromatic heterocycles. The maximum absolute atomic E-state index is 12.7. The average Bonchev–Trinajstić information content (AvgIpc) is 2.02. The van der Waals surface area contributed by atoms with E-state index in [4.69, 9.17) is 0 Å². The van der Waals surface area contributed by atoms with Gasteiger partial charge in [0.2, 0.25) is 0 Å². The van der Waals surface area contributed by atoms with Gasteiger partial charge in [0, 0.05) is 0 Å². The Bertz CT molecular complexity index is 377. The number of alkyl halides is 3. The third kappa shape index (κ3) is 3.19. The molecule has 0 radical (unpaired) electrons. The van der Waals surface area contributed by atoms with Gasteiger partial charge in [-0.15, -0.1) is 17.0 Å². The molecule has 84 valence electrons. The first-order valence-electron chi connectivity index (χ1n) is 3.49. The lowest BCUT2D eigenvalue weighted by molar-refractivity contribution is -0.137. The number of hydrogen-bond acceptors (Lipinski definition) is 1. The lowest BCUT2D eigenvalue weighted by Crippen LogP contribution is -2.15. The monoisotopic (exact) mass is 287 g/mol. The van der Waals surface area contributed by atoms with Crippen LogP contribution in [-0.4, -0.2) is 5.91 Å². The van der Waals surface area contributed by atoms with E-state index in [2.05, 4.69) is 5.73 Å². The summed E-state index contributed by atoms with van der Waals surface area (Å²) in [4.78, 5) is 10.5. The standard InChI is InChI=1S/C8H5F4NO.BrH/c9-6-2-1-4(8(10,11)12)3-5(6)7(13)14;/h1-3H,(H2,13,14);1H. The molecule has 0 heterocycles. The fraction of sp³-hybridized carbons (Fsp3) is 0.125. The smallest absolute Gasteiger partial charge is 0.366 e. The van der Waals surface area contributed by atoms with E-state index in [0.717, 1.165) is 0 Å². The molecule has 0 saturated heterocycles. The average molecular weight is 288 g/mol. The molecule has 0 saturated carbocycles. The van der Waals surface area contributed by atoms with Gasteiger partial charge in [-0.05, 0) is 18.2 Å². The fourth-order valence-electron chi connectivity index (χ4n) is 0.890. The van der Waals surface area contributed by atoms with Crippen molar-refractivity contribution in [2.75, 3.05) is 0 Å². The largest absolute Gasteiger partial charge is 0.416 e. The zero-order chi connectivity index (χ0) is 10.9. The fourth-order valence-corrected chi connectivity index (χ4v) is 0.890. The maximum atomic E-state index is 12.7. The number of benzene rings is 1. The van der Waals surface area contributed by atoms with Crippen molar-refractivity contribution in [2.24, 2.45) is 5.73 Å². The van der Waals surface area contributed by atoms with Crippen LogP contribution in [0, 0.1) is 5.82 Å². The van der Waals surface area contributed by atoms with Gasteiger partial charge in [0.1, 0.15) is 5.82 Å². The van der Waals surface area contributed by atoms with E-state index < -0.39 is 29.0 Å². The molecule has 0 fully saturated rings. The van der Waals surface area contributed by atoms with Gasteiger partial charge < -0.3 is 5.73 Å². The minimum absolute atomic E-state index is 0. The number of rotatable bonds is 1. The van der Waals surface area contributed by atoms with E-state index >= 15 is 0 Å². The summed E-state index contributed by atoms with van der Waals surface area (Å²) >= 11 is 0. The number of nitrogens with two attached hydrogens (primary N) is 1. The number of amides is 1. The molecule has 2 N–H and O–H groups in total. The van der Waals surface area contributed by atoms with Crippen molar-refractivity contribution in [1.82, 2.24) is 0 Å². The highest BCUT2D eigenvalue weighted by molar-refractivity contribution is 8.93. The van der Waals surface area contributed by atoms with E-state index in [1.165, 1.54) is 0 Å². The summed E-state index contributed by atoms with van der Waals surface area (Å²) in [6.45, 7) is 0. The highest BCUT2D eigenvalue weighted by atomic mass is 79.9. The van der Waals surface area contributed by atoms with Crippen molar-refractivity contribution in [3.63, 3.8) is 0 Å². The molecule has 0 aliphatic rings. The highest BCUT2D eigenvalue weighted by Crippen LogP contribution is 2.30. The van der Waals surface area contributed by atoms with Crippen LogP contribution in [-0.2, 0) is 6.18 Å². The number of hydrogen-bond donors (Lipinski definition) is 1. The SMILES string of the molecule is Br.NC(=O)c1cc(C(F)(F)F)ccc1F.